The number of halogens is 1. The number of carbonyl (C=O) groups excluding carboxylic acids is 1. The van der Waals surface area contributed by atoms with Gasteiger partial charge in [-0.15, -0.1) is 0 Å². The quantitative estimate of drug-likeness (QED) is 0.381. The molecule has 0 aliphatic carbocycles. The molecule has 4 heteroatoms. The Kier molecular flexibility index (Phi) is 7.55. The maximum Gasteiger partial charge on any atom is 0.408 e. The van der Waals surface area contributed by atoms with Gasteiger partial charge in [-0.2, -0.15) is 0 Å². The van der Waals surface area contributed by atoms with Gasteiger partial charge in [-0.25, -0.2) is 4.79 Å². The van der Waals surface area contributed by atoms with Gasteiger partial charge in [0, 0.05) is 11.6 Å². The summed E-state index contributed by atoms with van der Waals surface area (Å²) < 4.78 is 3.93. The van der Waals surface area contributed by atoms with Crippen molar-refractivity contribution in [3.05, 3.63) is 12.8 Å². The van der Waals surface area contributed by atoms with Crippen LogP contribution in [-0.4, -0.2) is 10.9 Å². The normalized spacial score (nSPS) is 5.86. The van der Waals surface area contributed by atoms with Gasteiger partial charge in [0.2, 0.25) is 0 Å². The molecule has 42 valence electrons. The number of ether oxygens (including phenoxy) is 1. The first kappa shape index (κ1) is 9.68. The van der Waals surface area contributed by atoms with E-state index < -0.39 is 5.43 Å². The third kappa shape index (κ3) is 10.8. The predicted octanol–water partition coefficient (Wildman–Crippen LogP) is 0.681. The molecule has 0 fully saturated rings. The standard InChI is InChI=1S/C3H3ClO2.H2O/c1-2-6-3(4)5;/h2H,1H2;1H2. The summed E-state index contributed by atoms with van der Waals surface area (Å²) in [5.41, 5.74) is -0.856. The zero-order valence-corrected chi connectivity index (χ0v) is 4.23. The lowest BCUT2D eigenvalue weighted by Crippen LogP contribution is -1.79. The summed E-state index contributed by atoms with van der Waals surface area (Å²) in [6.45, 7) is 3.07. The minimum Gasteiger partial charge on any atom is -0.423 e. The highest BCUT2D eigenvalue weighted by molar-refractivity contribution is 6.61. The van der Waals surface area contributed by atoms with E-state index in [4.69, 9.17) is 0 Å². The molecule has 0 saturated heterocycles. The zero-order chi connectivity index (χ0) is 4.99. The number of hydrogen-bond donors (Lipinski definition) is 0. The molecule has 0 aromatic rings. The van der Waals surface area contributed by atoms with Crippen molar-refractivity contribution in [3.63, 3.8) is 0 Å². The average Bonchev–Trinajstić information content (AvgIpc) is 1.35. The Labute approximate surface area is 45.8 Å². The fraction of sp³-hybridized carbons (Fsp3) is 0. The predicted molar refractivity (Wildman–Crippen MR) is 26.1 cm³/mol. The van der Waals surface area contributed by atoms with E-state index >= 15 is 0 Å². The molecule has 0 saturated carbocycles. The zero-order valence-electron chi connectivity index (χ0n) is 3.48. The topological polar surface area (TPSA) is 57.8 Å². The van der Waals surface area contributed by atoms with Crippen LogP contribution in [0.15, 0.2) is 12.8 Å². The van der Waals surface area contributed by atoms with E-state index in [2.05, 4.69) is 22.9 Å². The molecule has 0 atom stereocenters. The molecule has 0 amide bonds. The van der Waals surface area contributed by atoms with Crippen molar-refractivity contribution in [3.8, 4) is 0 Å². The summed E-state index contributed by atoms with van der Waals surface area (Å²) in [6.07, 6.45) is 0.968. The monoisotopic (exact) mass is 124 g/mol. The smallest absolute Gasteiger partial charge is 0.408 e. The van der Waals surface area contributed by atoms with Gasteiger partial charge in [0.15, 0.2) is 0 Å². The van der Waals surface area contributed by atoms with Crippen LogP contribution in [0.5, 0.6) is 0 Å². The fourth-order valence-electron chi connectivity index (χ4n) is 0.0655. The molecular formula is C3H5ClO3. The third-order valence-electron chi connectivity index (χ3n) is 0.176. The molecule has 0 aromatic carbocycles. The van der Waals surface area contributed by atoms with E-state index in [1.165, 1.54) is 0 Å². The molecule has 0 aliphatic heterocycles. The van der Waals surface area contributed by atoms with Crippen molar-refractivity contribution in [2.75, 3.05) is 0 Å². The Morgan fingerprint density at radius 3 is 2.29 bits per heavy atom. The van der Waals surface area contributed by atoms with Crippen molar-refractivity contribution < 1.29 is 15.0 Å². The Morgan fingerprint density at radius 1 is 1.86 bits per heavy atom. The van der Waals surface area contributed by atoms with E-state index in [1.807, 2.05) is 0 Å². The SMILES string of the molecule is C=COC(=O)Cl.O. The Bertz CT molecular complexity index is 70.6. The first-order valence-corrected chi connectivity index (χ1v) is 1.62. The molecule has 7 heavy (non-hydrogen) atoms. The highest BCUT2D eigenvalue weighted by Gasteiger charge is 1.83. The van der Waals surface area contributed by atoms with Gasteiger partial charge < -0.3 is 10.2 Å². The molecule has 3 nitrogen and oxygen atoms in total. The van der Waals surface area contributed by atoms with Crippen LogP contribution in [0.3, 0.4) is 0 Å². The largest absolute Gasteiger partial charge is 0.423 e. The van der Waals surface area contributed by atoms with Crippen LogP contribution < -0.4 is 0 Å². The molecule has 0 spiro atoms. The lowest BCUT2D eigenvalue weighted by Gasteiger charge is -1.80. The van der Waals surface area contributed by atoms with Crippen molar-refractivity contribution >= 4 is 17.0 Å². The van der Waals surface area contributed by atoms with Gasteiger partial charge in [-0.05, 0) is 0 Å². The van der Waals surface area contributed by atoms with Crippen molar-refractivity contribution in [1.82, 2.24) is 0 Å². The third-order valence-corrected chi connectivity index (χ3v) is 0.265. The summed E-state index contributed by atoms with van der Waals surface area (Å²) >= 11 is 4.65. The fourth-order valence-corrected chi connectivity index (χ4v) is 0.129. The van der Waals surface area contributed by atoms with Crippen LogP contribution in [0.25, 0.3) is 0 Å². The minimum absolute atomic E-state index is 0. The first-order valence-electron chi connectivity index (χ1n) is 1.24. The van der Waals surface area contributed by atoms with Crippen LogP contribution in [0.1, 0.15) is 0 Å². The van der Waals surface area contributed by atoms with E-state index in [0.29, 0.717) is 0 Å². The highest BCUT2D eigenvalue weighted by Crippen LogP contribution is 1.83. The Morgan fingerprint density at radius 2 is 2.29 bits per heavy atom. The lowest BCUT2D eigenvalue weighted by molar-refractivity contribution is 0.212. The van der Waals surface area contributed by atoms with E-state index in [0.717, 1.165) is 6.26 Å². The summed E-state index contributed by atoms with van der Waals surface area (Å²) in [7, 11) is 0. The molecule has 0 heterocycles. The molecule has 0 unspecified atom stereocenters. The van der Waals surface area contributed by atoms with Gasteiger partial charge in [0.25, 0.3) is 0 Å². The van der Waals surface area contributed by atoms with Gasteiger partial charge in [-0.3, -0.25) is 0 Å². The second-order valence-electron chi connectivity index (χ2n) is 0.522. The van der Waals surface area contributed by atoms with Crippen molar-refractivity contribution in [2.24, 2.45) is 0 Å². The number of rotatable bonds is 1. The maximum atomic E-state index is 9.52. The summed E-state index contributed by atoms with van der Waals surface area (Å²) in [6, 6.07) is 0. The summed E-state index contributed by atoms with van der Waals surface area (Å²) in [4.78, 5) is 9.52. The Hall–Kier alpha value is -0.540. The number of hydrogen-bond acceptors (Lipinski definition) is 2. The Balaban J connectivity index is 0. The number of carbonyl (C=O) groups is 1. The van der Waals surface area contributed by atoms with Crippen LogP contribution >= 0.6 is 11.6 Å². The van der Waals surface area contributed by atoms with Crippen LogP contribution in [0.4, 0.5) is 4.79 Å². The van der Waals surface area contributed by atoms with E-state index in [-0.39, 0.29) is 5.48 Å². The van der Waals surface area contributed by atoms with Gasteiger partial charge in [-0.1, -0.05) is 6.58 Å². The molecule has 0 rings (SSSR count). The molecule has 0 radical (unpaired) electrons. The van der Waals surface area contributed by atoms with Gasteiger partial charge >= 0.3 is 5.43 Å². The molecular weight excluding hydrogens is 119 g/mol. The molecule has 0 aliphatic rings. The first-order chi connectivity index (χ1) is 2.77. The lowest BCUT2D eigenvalue weighted by atomic mass is 11.1. The van der Waals surface area contributed by atoms with Crippen LogP contribution in [0.2, 0.25) is 0 Å². The van der Waals surface area contributed by atoms with E-state index in [1.54, 1.807) is 0 Å². The second-order valence-corrected chi connectivity index (χ2v) is 0.831. The molecule has 0 aromatic heterocycles. The summed E-state index contributed by atoms with van der Waals surface area (Å²) in [5.74, 6) is 0. The molecule has 2 N–H and O–H groups in total. The van der Waals surface area contributed by atoms with Gasteiger partial charge in [0.1, 0.15) is 0 Å². The maximum absolute atomic E-state index is 9.52. The van der Waals surface area contributed by atoms with E-state index in [9.17, 15) is 4.79 Å². The molecule has 0 bridgehead atoms. The van der Waals surface area contributed by atoms with Crippen molar-refractivity contribution in [2.45, 2.75) is 0 Å². The minimum atomic E-state index is -0.856. The highest BCUT2D eigenvalue weighted by atomic mass is 35.5. The van der Waals surface area contributed by atoms with Crippen molar-refractivity contribution in [1.29, 1.82) is 0 Å². The van der Waals surface area contributed by atoms with Crippen LogP contribution in [-0.2, 0) is 4.74 Å². The van der Waals surface area contributed by atoms with Crippen LogP contribution in [0, 0.1) is 0 Å². The average molecular weight is 125 g/mol. The second kappa shape index (κ2) is 5.46. The summed E-state index contributed by atoms with van der Waals surface area (Å²) in [5, 5.41) is 0. The van der Waals surface area contributed by atoms with Gasteiger partial charge in [0.05, 0.1) is 6.26 Å².